The molecule has 2 N–H and O–H groups in total. The zero-order valence-electron chi connectivity index (χ0n) is 13.4. The van der Waals surface area contributed by atoms with Gasteiger partial charge in [-0.15, -0.1) is 0 Å². The van der Waals surface area contributed by atoms with Gasteiger partial charge in [0.25, 0.3) is 0 Å². The average molecular weight is 287 g/mol. The Kier molecular flexibility index (Phi) is 4.80. The Hall–Kier alpha value is -1.65. The Labute approximate surface area is 127 Å². The van der Waals surface area contributed by atoms with Gasteiger partial charge in [-0.1, -0.05) is 31.5 Å². The molecule has 2 rings (SSSR count). The number of oxazole rings is 1. The Bertz CT molecular complexity index is 572. The molecule has 0 spiro atoms. The maximum atomic E-state index is 5.78. The summed E-state index contributed by atoms with van der Waals surface area (Å²) in [5.74, 6) is 0.677. The number of nitrogens with two attached hydrogens (primary N) is 1. The molecule has 0 unspecified atom stereocenters. The fraction of sp³-hybridized carbons (Fsp3) is 0.471. The van der Waals surface area contributed by atoms with Crippen LogP contribution in [-0.2, 0) is 6.54 Å². The predicted molar refractivity (Wildman–Crippen MR) is 85.8 cm³/mol. The van der Waals surface area contributed by atoms with Crippen molar-refractivity contribution in [2.75, 3.05) is 20.1 Å². The summed E-state index contributed by atoms with van der Waals surface area (Å²) in [6.07, 6.45) is 1.74. The van der Waals surface area contributed by atoms with E-state index in [0.717, 1.165) is 24.3 Å². The van der Waals surface area contributed by atoms with Crippen molar-refractivity contribution in [2.45, 2.75) is 27.3 Å². The van der Waals surface area contributed by atoms with Crippen LogP contribution >= 0.6 is 0 Å². The molecule has 21 heavy (non-hydrogen) atoms. The van der Waals surface area contributed by atoms with Gasteiger partial charge in [-0.05, 0) is 38.1 Å². The molecule has 2 aromatic rings. The maximum absolute atomic E-state index is 5.78. The van der Waals surface area contributed by atoms with Crippen molar-refractivity contribution in [2.24, 2.45) is 11.1 Å². The van der Waals surface area contributed by atoms with Crippen LogP contribution in [0.1, 0.15) is 25.1 Å². The Morgan fingerprint density at radius 2 is 1.90 bits per heavy atom. The first-order valence-corrected chi connectivity index (χ1v) is 7.30. The van der Waals surface area contributed by atoms with Gasteiger partial charge >= 0.3 is 0 Å². The Morgan fingerprint density at radius 1 is 1.24 bits per heavy atom. The zero-order chi connectivity index (χ0) is 15.5. The number of benzene rings is 1. The van der Waals surface area contributed by atoms with E-state index in [1.165, 1.54) is 5.56 Å². The fourth-order valence-electron chi connectivity index (χ4n) is 2.34. The second kappa shape index (κ2) is 6.41. The third kappa shape index (κ3) is 4.41. The molecule has 4 heteroatoms. The molecule has 0 fully saturated rings. The van der Waals surface area contributed by atoms with Gasteiger partial charge in [0.05, 0.1) is 5.69 Å². The molecule has 0 aliphatic carbocycles. The van der Waals surface area contributed by atoms with Crippen molar-refractivity contribution in [3.63, 3.8) is 0 Å². The van der Waals surface area contributed by atoms with Gasteiger partial charge in [-0.2, -0.15) is 0 Å². The molecule has 0 radical (unpaired) electrons. The van der Waals surface area contributed by atoms with E-state index in [-0.39, 0.29) is 5.41 Å². The minimum Gasteiger partial charge on any atom is -0.444 e. The van der Waals surface area contributed by atoms with Gasteiger partial charge in [-0.3, -0.25) is 4.90 Å². The van der Waals surface area contributed by atoms with Crippen molar-refractivity contribution in [1.82, 2.24) is 9.88 Å². The van der Waals surface area contributed by atoms with E-state index in [1.807, 2.05) is 12.1 Å². The molecular weight excluding hydrogens is 262 g/mol. The Balaban J connectivity index is 2.01. The summed E-state index contributed by atoms with van der Waals surface area (Å²) >= 11 is 0. The van der Waals surface area contributed by atoms with Gasteiger partial charge in [0.2, 0.25) is 5.89 Å². The van der Waals surface area contributed by atoms with Crippen molar-refractivity contribution in [3.05, 3.63) is 41.8 Å². The number of aryl methyl sites for hydroxylation is 1. The monoisotopic (exact) mass is 287 g/mol. The van der Waals surface area contributed by atoms with Crippen LogP contribution in [0.4, 0.5) is 0 Å². The fourth-order valence-corrected chi connectivity index (χ4v) is 2.34. The van der Waals surface area contributed by atoms with Crippen LogP contribution in [0.5, 0.6) is 0 Å². The molecule has 114 valence electrons. The van der Waals surface area contributed by atoms with E-state index in [2.05, 4.69) is 49.8 Å². The van der Waals surface area contributed by atoms with E-state index < -0.39 is 0 Å². The zero-order valence-corrected chi connectivity index (χ0v) is 13.4. The first kappa shape index (κ1) is 15.7. The second-order valence-electron chi connectivity index (χ2n) is 6.55. The molecule has 0 atom stereocenters. The molecule has 4 nitrogen and oxygen atoms in total. The van der Waals surface area contributed by atoms with E-state index in [1.54, 1.807) is 6.26 Å². The first-order chi connectivity index (χ1) is 9.89. The lowest BCUT2D eigenvalue weighted by atomic mass is 9.93. The van der Waals surface area contributed by atoms with Gasteiger partial charge in [-0.25, -0.2) is 4.98 Å². The summed E-state index contributed by atoms with van der Waals surface area (Å²) in [6.45, 7) is 8.77. The molecule has 0 bridgehead atoms. The number of nitrogens with zero attached hydrogens (tertiary/aromatic N) is 2. The Morgan fingerprint density at radius 3 is 2.52 bits per heavy atom. The average Bonchev–Trinajstić information content (AvgIpc) is 2.87. The molecular formula is C17H25N3O. The van der Waals surface area contributed by atoms with Crippen LogP contribution in [0.25, 0.3) is 11.5 Å². The summed E-state index contributed by atoms with van der Waals surface area (Å²) in [7, 11) is 2.08. The normalized spacial score (nSPS) is 12.1. The van der Waals surface area contributed by atoms with Crippen LogP contribution in [-0.4, -0.2) is 30.0 Å². The van der Waals surface area contributed by atoms with Crippen LogP contribution < -0.4 is 5.73 Å². The summed E-state index contributed by atoms with van der Waals surface area (Å²) in [6, 6.07) is 8.20. The smallest absolute Gasteiger partial charge is 0.226 e. The number of hydrogen-bond acceptors (Lipinski definition) is 4. The van der Waals surface area contributed by atoms with Gasteiger partial charge in [0.15, 0.2) is 0 Å². The first-order valence-electron chi connectivity index (χ1n) is 7.30. The van der Waals surface area contributed by atoms with Crippen LogP contribution in [0.15, 0.2) is 34.9 Å². The largest absolute Gasteiger partial charge is 0.444 e. The van der Waals surface area contributed by atoms with E-state index in [4.69, 9.17) is 10.2 Å². The molecule has 1 heterocycles. The summed E-state index contributed by atoms with van der Waals surface area (Å²) < 4.78 is 5.59. The van der Waals surface area contributed by atoms with Crippen molar-refractivity contribution >= 4 is 0 Å². The van der Waals surface area contributed by atoms with Gasteiger partial charge in [0.1, 0.15) is 6.26 Å². The SMILES string of the molecule is Cc1ccc(-c2nc(CN(C)CC(C)(C)CN)co2)cc1. The topological polar surface area (TPSA) is 55.3 Å². The standard InChI is InChI=1S/C17H25N3O/c1-13-5-7-14(8-6-13)16-19-15(10-21-16)9-20(4)12-17(2,3)11-18/h5-8,10H,9,11-12,18H2,1-4H3. The lowest BCUT2D eigenvalue weighted by Crippen LogP contribution is -2.36. The predicted octanol–water partition coefficient (Wildman–Crippen LogP) is 3.07. The highest BCUT2D eigenvalue weighted by Crippen LogP contribution is 2.20. The van der Waals surface area contributed by atoms with Crippen LogP contribution in [0.3, 0.4) is 0 Å². The minimum absolute atomic E-state index is 0.109. The number of hydrogen-bond donors (Lipinski definition) is 1. The van der Waals surface area contributed by atoms with E-state index in [9.17, 15) is 0 Å². The van der Waals surface area contributed by atoms with E-state index >= 15 is 0 Å². The van der Waals surface area contributed by atoms with Crippen LogP contribution in [0, 0.1) is 12.3 Å². The number of aromatic nitrogens is 1. The second-order valence-corrected chi connectivity index (χ2v) is 6.55. The van der Waals surface area contributed by atoms with Crippen molar-refractivity contribution in [3.8, 4) is 11.5 Å². The maximum Gasteiger partial charge on any atom is 0.226 e. The third-order valence-electron chi connectivity index (χ3n) is 3.53. The third-order valence-corrected chi connectivity index (χ3v) is 3.53. The number of rotatable bonds is 6. The summed E-state index contributed by atoms with van der Waals surface area (Å²) in [4.78, 5) is 6.79. The van der Waals surface area contributed by atoms with Gasteiger partial charge in [0, 0.05) is 18.7 Å². The molecule has 0 saturated heterocycles. The minimum atomic E-state index is 0.109. The van der Waals surface area contributed by atoms with Crippen LogP contribution in [0.2, 0.25) is 0 Å². The molecule has 0 saturated carbocycles. The lowest BCUT2D eigenvalue weighted by molar-refractivity contribution is 0.208. The summed E-state index contributed by atoms with van der Waals surface area (Å²) in [5.41, 5.74) is 9.08. The highest BCUT2D eigenvalue weighted by atomic mass is 16.3. The molecule has 0 amide bonds. The quantitative estimate of drug-likeness (QED) is 0.887. The highest BCUT2D eigenvalue weighted by Gasteiger charge is 2.19. The molecule has 1 aromatic carbocycles. The van der Waals surface area contributed by atoms with Crippen molar-refractivity contribution < 1.29 is 4.42 Å². The lowest BCUT2D eigenvalue weighted by Gasteiger charge is -2.28. The van der Waals surface area contributed by atoms with E-state index in [0.29, 0.717) is 12.4 Å². The molecule has 0 aliphatic rings. The molecule has 1 aromatic heterocycles. The van der Waals surface area contributed by atoms with Gasteiger partial charge < -0.3 is 10.2 Å². The molecule has 0 aliphatic heterocycles. The van der Waals surface area contributed by atoms with Crippen molar-refractivity contribution in [1.29, 1.82) is 0 Å². The highest BCUT2D eigenvalue weighted by molar-refractivity contribution is 5.53. The summed E-state index contributed by atoms with van der Waals surface area (Å²) in [5, 5.41) is 0.